The summed E-state index contributed by atoms with van der Waals surface area (Å²) in [5.74, 6) is 0.175. The molecule has 0 spiro atoms. The number of carbonyl (C=O) groups excluding carboxylic acids is 1. The van der Waals surface area contributed by atoms with Crippen molar-refractivity contribution in [2.45, 2.75) is 19.6 Å². The van der Waals surface area contributed by atoms with Gasteiger partial charge in [0.1, 0.15) is 11.3 Å². The topological polar surface area (TPSA) is 98.7 Å². The Morgan fingerprint density at radius 2 is 2.15 bits per heavy atom. The summed E-state index contributed by atoms with van der Waals surface area (Å²) in [5, 5.41) is 3.60. The number of hydrogen-bond donors (Lipinski definition) is 1. The molecule has 0 fully saturated rings. The molecule has 0 saturated heterocycles. The number of aromatic nitrogens is 3. The minimum Gasteiger partial charge on any atom is -0.481 e. The third-order valence-electron chi connectivity index (χ3n) is 4.11. The number of hydrogen-bond acceptors (Lipinski definition) is 6. The van der Waals surface area contributed by atoms with Gasteiger partial charge in [-0.25, -0.2) is 9.78 Å². The van der Waals surface area contributed by atoms with Crippen LogP contribution in [0.25, 0.3) is 16.6 Å². The van der Waals surface area contributed by atoms with Crippen LogP contribution in [0.5, 0.6) is 5.75 Å². The first-order chi connectivity index (χ1) is 13.1. The van der Waals surface area contributed by atoms with Gasteiger partial charge in [-0.05, 0) is 25.1 Å². The largest absolute Gasteiger partial charge is 0.481 e. The number of fused-ring (bicyclic) bond motifs is 2. The molecule has 1 unspecified atom stereocenters. The van der Waals surface area contributed by atoms with Crippen molar-refractivity contribution in [3.8, 4) is 5.75 Å². The SMILES string of the molecule is CC(Oc1ccc2ccc(=O)oc2c1)C(=O)NCc1cnc2cnccn12. The van der Waals surface area contributed by atoms with Gasteiger partial charge in [-0.15, -0.1) is 0 Å². The molecule has 1 amide bonds. The molecular weight excluding hydrogens is 348 g/mol. The van der Waals surface area contributed by atoms with Crippen LogP contribution in [0.4, 0.5) is 0 Å². The fraction of sp³-hybridized carbons (Fsp3) is 0.158. The summed E-state index contributed by atoms with van der Waals surface area (Å²) < 4.78 is 12.7. The highest BCUT2D eigenvalue weighted by atomic mass is 16.5. The lowest BCUT2D eigenvalue weighted by Crippen LogP contribution is -2.36. The van der Waals surface area contributed by atoms with E-state index in [0.717, 1.165) is 11.1 Å². The van der Waals surface area contributed by atoms with Gasteiger partial charge in [0.15, 0.2) is 11.8 Å². The smallest absolute Gasteiger partial charge is 0.336 e. The normalized spacial score (nSPS) is 12.2. The first-order valence-corrected chi connectivity index (χ1v) is 8.34. The van der Waals surface area contributed by atoms with E-state index in [-0.39, 0.29) is 5.91 Å². The lowest BCUT2D eigenvalue weighted by Gasteiger charge is -2.15. The Bertz CT molecular complexity index is 1180. The molecular formula is C19H16N4O4. The molecule has 1 N–H and O–H groups in total. The molecule has 8 heteroatoms. The van der Waals surface area contributed by atoms with E-state index < -0.39 is 11.7 Å². The van der Waals surface area contributed by atoms with Gasteiger partial charge >= 0.3 is 5.63 Å². The van der Waals surface area contributed by atoms with Crippen molar-refractivity contribution >= 4 is 22.5 Å². The van der Waals surface area contributed by atoms with Crippen LogP contribution in [0.15, 0.2) is 64.3 Å². The molecule has 0 saturated carbocycles. The van der Waals surface area contributed by atoms with Crippen LogP contribution in [-0.2, 0) is 11.3 Å². The predicted molar refractivity (Wildman–Crippen MR) is 97.4 cm³/mol. The molecule has 136 valence electrons. The quantitative estimate of drug-likeness (QED) is 0.543. The van der Waals surface area contributed by atoms with Crippen molar-refractivity contribution in [1.82, 2.24) is 19.7 Å². The molecule has 0 aliphatic rings. The van der Waals surface area contributed by atoms with Gasteiger partial charge < -0.3 is 14.5 Å². The van der Waals surface area contributed by atoms with Crippen molar-refractivity contribution in [2.24, 2.45) is 0 Å². The third kappa shape index (κ3) is 3.50. The van der Waals surface area contributed by atoms with Gasteiger partial charge in [0.05, 0.1) is 24.6 Å². The molecule has 4 rings (SSSR count). The van der Waals surface area contributed by atoms with Gasteiger partial charge in [-0.1, -0.05) is 0 Å². The Hall–Kier alpha value is -3.68. The van der Waals surface area contributed by atoms with E-state index in [1.54, 1.807) is 56.0 Å². The molecule has 8 nitrogen and oxygen atoms in total. The highest BCUT2D eigenvalue weighted by Gasteiger charge is 2.15. The summed E-state index contributed by atoms with van der Waals surface area (Å²) in [7, 11) is 0. The number of nitrogens with zero attached hydrogens (tertiary/aromatic N) is 3. The van der Waals surface area contributed by atoms with Crippen LogP contribution in [0, 0.1) is 0 Å². The molecule has 0 aliphatic heterocycles. The van der Waals surface area contributed by atoms with Crippen molar-refractivity contribution in [1.29, 1.82) is 0 Å². The van der Waals surface area contributed by atoms with Crippen molar-refractivity contribution in [3.63, 3.8) is 0 Å². The minimum atomic E-state index is -0.723. The fourth-order valence-electron chi connectivity index (χ4n) is 2.72. The molecule has 3 aromatic heterocycles. The van der Waals surface area contributed by atoms with Crippen LogP contribution in [-0.4, -0.2) is 26.4 Å². The third-order valence-corrected chi connectivity index (χ3v) is 4.11. The predicted octanol–water partition coefficient (Wildman–Crippen LogP) is 1.92. The second-order valence-electron chi connectivity index (χ2n) is 5.99. The average molecular weight is 364 g/mol. The lowest BCUT2D eigenvalue weighted by atomic mass is 10.2. The van der Waals surface area contributed by atoms with E-state index in [9.17, 15) is 9.59 Å². The number of rotatable bonds is 5. The van der Waals surface area contributed by atoms with E-state index in [1.165, 1.54) is 6.07 Å². The molecule has 0 aliphatic carbocycles. The van der Waals surface area contributed by atoms with Crippen molar-refractivity contribution in [3.05, 3.63) is 71.2 Å². The molecule has 27 heavy (non-hydrogen) atoms. The van der Waals surface area contributed by atoms with Gasteiger partial charge in [0.25, 0.3) is 5.91 Å². The van der Waals surface area contributed by atoms with Crippen LogP contribution >= 0.6 is 0 Å². The summed E-state index contributed by atoms with van der Waals surface area (Å²) >= 11 is 0. The first kappa shape index (κ1) is 16.8. The van der Waals surface area contributed by atoms with E-state index in [2.05, 4.69) is 15.3 Å². The van der Waals surface area contributed by atoms with E-state index in [4.69, 9.17) is 9.15 Å². The first-order valence-electron chi connectivity index (χ1n) is 8.34. The zero-order valence-corrected chi connectivity index (χ0v) is 14.5. The second kappa shape index (κ2) is 6.91. The number of imidazole rings is 1. The van der Waals surface area contributed by atoms with Crippen molar-refractivity contribution in [2.75, 3.05) is 0 Å². The highest BCUT2D eigenvalue weighted by Crippen LogP contribution is 2.20. The van der Waals surface area contributed by atoms with Crippen LogP contribution in [0.3, 0.4) is 0 Å². The molecule has 4 aromatic rings. The number of carbonyl (C=O) groups is 1. The molecule has 0 bridgehead atoms. The van der Waals surface area contributed by atoms with Crippen LogP contribution < -0.4 is 15.7 Å². The molecule has 0 radical (unpaired) electrons. The lowest BCUT2D eigenvalue weighted by molar-refractivity contribution is -0.127. The monoisotopic (exact) mass is 364 g/mol. The van der Waals surface area contributed by atoms with E-state index in [1.807, 2.05) is 4.40 Å². The van der Waals surface area contributed by atoms with Crippen LogP contribution in [0.2, 0.25) is 0 Å². The van der Waals surface area contributed by atoms with Gasteiger partial charge in [0, 0.05) is 29.9 Å². The summed E-state index contributed by atoms with van der Waals surface area (Å²) in [4.78, 5) is 31.9. The van der Waals surface area contributed by atoms with Crippen LogP contribution in [0.1, 0.15) is 12.6 Å². The number of amides is 1. The standard InChI is InChI=1S/C19H16N4O4/c1-12(26-15-4-2-13-3-5-18(24)27-16(13)8-15)19(25)22-10-14-9-21-17-11-20-6-7-23(14)17/h2-9,11-12H,10H2,1H3,(H,22,25). The Balaban J connectivity index is 1.42. The maximum absolute atomic E-state index is 12.3. The Morgan fingerprint density at radius 1 is 1.30 bits per heavy atom. The molecule has 1 aromatic carbocycles. The number of ether oxygens (including phenoxy) is 1. The highest BCUT2D eigenvalue weighted by molar-refractivity contribution is 5.81. The summed E-state index contributed by atoms with van der Waals surface area (Å²) in [6.45, 7) is 1.96. The van der Waals surface area contributed by atoms with Gasteiger partial charge in [0.2, 0.25) is 0 Å². The Labute approximate surface area is 153 Å². The fourth-order valence-corrected chi connectivity index (χ4v) is 2.72. The molecule has 1 atom stereocenters. The Kier molecular flexibility index (Phi) is 4.29. The number of benzene rings is 1. The average Bonchev–Trinajstić information content (AvgIpc) is 3.09. The van der Waals surface area contributed by atoms with Gasteiger partial charge in [-0.3, -0.25) is 14.2 Å². The van der Waals surface area contributed by atoms with E-state index >= 15 is 0 Å². The summed E-state index contributed by atoms with van der Waals surface area (Å²) in [6.07, 6.45) is 6.05. The Morgan fingerprint density at radius 3 is 3.04 bits per heavy atom. The zero-order valence-electron chi connectivity index (χ0n) is 14.5. The zero-order chi connectivity index (χ0) is 18.8. The number of nitrogens with one attached hydrogen (secondary N) is 1. The van der Waals surface area contributed by atoms with Crippen molar-refractivity contribution < 1.29 is 13.9 Å². The summed E-state index contributed by atoms with van der Waals surface area (Å²) in [6, 6.07) is 8.12. The minimum absolute atomic E-state index is 0.270. The second-order valence-corrected chi connectivity index (χ2v) is 5.99. The summed E-state index contributed by atoms with van der Waals surface area (Å²) in [5.41, 5.74) is 1.52. The molecule has 3 heterocycles. The van der Waals surface area contributed by atoms with E-state index in [0.29, 0.717) is 23.5 Å². The maximum Gasteiger partial charge on any atom is 0.336 e. The van der Waals surface area contributed by atoms with Gasteiger partial charge in [-0.2, -0.15) is 0 Å². The maximum atomic E-state index is 12.3.